The van der Waals surface area contributed by atoms with E-state index in [1.165, 1.54) is 31.2 Å². The average Bonchev–Trinajstić information content (AvgIpc) is 2.66. The second-order valence-corrected chi connectivity index (χ2v) is 7.91. The molecule has 2 fully saturated rings. The first-order chi connectivity index (χ1) is 13.1. The first kappa shape index (κ1) is 19.9. The van der Waals surface area contributed by atoms with Crippen molar-refractivity contribution in [3.63, 3.8) is 0 Å². The Kier molecular flexibility index (Phi) is 6.94. The van der Waals surface area contributed by atoms with Crippen LogP contribution in [0.3, 0.4) is 0 Å². The van der Waals surface area contributed by atoms with Crippen molar-refractivity contribution in [2.45, 2.75) is 59.1 Å². The number of hydrogen-bond acceptors (Lipinski definition) is 4. The van der Waals surface area contributed by atoms with Gasteiger partial charge in [0.1, 0.15) is 5.82 Å². The van der Waals surface area contributed by atoms with Gasteiger partial charge < -0.3 is 20.3 Å². The van der Waals surface area contributed by atoms with Crippen molar-refractivity contribution in [2.75, 3.05) is 37.7 Å². The van der Waals surface area contributed by atoms with E-state index in [-0.39, 0.29) is 6.10 Å². The topological polar surface area (TPSA) is 61.8 Å². The number of morpholine rings is 1. The molecule has 0 aromatic carbocycles. The molecule has 6 heteroatoms. The maximum Gasteiger partial charge on any atom is 0.191 e. The van der Waals surface area contributed by atoms with Crippen LogP contribution in [-0.2, 0) is 11.3 Å². The summed E-state index contributed by atoms with van der Waals surface area (Å²) in [5.74, 6) is 1.94. The number of aromatic nitrogens is 1. The molecule has 1 atom stereocenters. The van der Waals surface area contributed by atoms with Gasteiger partial charge in [-0.15, -0.1) is 0 Å². The number of ether oxygens (including phenoxy) is 1. The second-order valence-electron chi connectivity index (χ2n) is 7.91. The van der Waals surface area contributed by atoms with Crippen LogP contribution in [0.4, 0.5) is 5.82 Å². The highest BCUT2D eigenvalue weighted by molar-refractivity contribution is 5.79. The summed E-state index contributed by atoms with van der Waals surface area (Å²) in [6.07, 6.45) is 7.42. The van der Waals surface area contributed by atoms with Crippen LogP contribution in [0.5, 0.6) is 0 Å². The summed E-state index contributed by atoms with van der Waals surface area (Å²) >= 11 is 0. The third-order valence-corrected chi connectivity index (χ3v) is 5.93. The molecule has 1 aliphatic heterocycles. The first-order valence-corrected chi connectivity index (χ1v) is 10.5. The van der Waals surface area contributed by atoms with Gasteiger partial charge in [0.15, 0.2) is 5.96 Å². The van der Waals surface area contributed by atoms with Crippen molar-refractivity contribution in [1.82, 2.24) is 15.6 Å². The molecule has 150 valence electrons. The Bertz CT molecular complexity index is 623. The zero-order chi connectivity index (χ0) is 19.1. The predicted molar refractivity (Wildman–Crippen MR) is 111 cm³/mol. The molecule has 1 aromatic rings. The number of anilines is 1. The average molecular weight is 374 g/mol. The van der Waals surface area contributed by atoms with Gasteiger partial charge in [-0.25, -0.2) is 9.98 Å². The molecule has 2 aliphatic rings. The van der Waals surface area contributed by atoms with Crippen molar-refractivity contribution >= 4 is 11.8 Å². The third kappa shape index (κ3) is 5.34. The third-order valence-electron chi connectivity index (χ3n) is 5.93. The van der Waals surface area contributed by atoms with Gasteiger partial charge in [0.05, 0.1) is 19.3 Å². The molecule has 1 saturated carbocycles. The minimum Gasteiger partial charge on any atom is -0.375 e. The van der Waals surface area contributed by atoms with Crippen molar-refractivity contribution in [3.05, 3.63) is 23.9 Å². The molecular weight excluding hydrogens is 338 g/mol. The first-order valence-electron chi connectivity index (χ1n) is 10.5. The summed E-state index contributed by atoms with van der Waals surface area (Å²) in [5.41, 5.74) is 1.66. The number of pyridine rings is 1. The van der Waals surface area contributed by atoms with E-state index < -0.39 is 0 Å². The highest BCUT2D eigenvalue weighted by Crippen LogP contribution is 2.42. The molecule has 1 unspecified atom stereocenters. The molecule has 1 saturated heterocycles. The summed E-state index contributed by atoms with van der Waals surface area (Å²) in [6, 6.07) is 4.21. The smallest absolute Gasteiger partial charge is 0.191 e. The number of aliphatic imine (C=N–C) groups is 1. The van der Waals surface area contributed by atoms with Gasteiger partial charge in [-0.3, -0.25) is 0 Å². The fourth-order valence-electron chi connectivity index (χ4n) is 3.87. The van der Waals surface area contributed by atoms with E-state index in [0.29, 0.717) is 12.0 Å². The fourth-order valence-corrected chi connectivity index (χ4v) is 3.87. The van der Waals surface area contributed by atoms with E-state index in [2.05, 4.69) is 53.4 Å². The summed E-state index contributed by atoms with van der Waals surface area (Å²) in [6.45, 7) is 11.6. The van der Waals surface area contributed by atoms with Crippen LogP contribution in [-0.4, -0.2) is 49.8 Å². The molecule has 1 aliphatic carbocycles. The summed E-state index contributed by atoms with van der Waals surface area (Å²) in [7, 11) is 0. The van der Waals surface area contributed by atoms with E-state index in [9.17, 15) is 0 Å². The Balaban J connectivity index is 1.60. The Morgan fingerprint density at radius 2 is 2.22 bits per heavy atom. The molecule has 2 heterocycles. The maximum atomic E-state index is 5.64. The normalized spacial score (nSPS) is 22.3. The lowest BCUT2D eigenvalue weighted by Crippen LogP contribution is -2.46. The number of hydrogen-bond donors (Lipinski definition) is 2. The highest BCUT2D eigenvalue weighted by atomic mass is 16.5. The van der Waals surface area contributed by atoms with Crippen molar-refractivity contribution in [3.8, 4) is 0 Å². The van der Waals surface area contributed by atoms with Gasteiger partial charge in [-0.1, -0.05) is 13.3 Å². The molecular formula is C21H35N5O. The highest BCUT2D eigenvalue weighted by Gasteiger charge is 2.34. The van der Waals surface area contributed by atoms with Gasteiger partial charge in [0, 0.05) is 32.4 Å². The van der Waals surface area contributed by atoms with Crippen LogP contribution in [0.2, 0.25) is 0 Å². The largest absolute Gasteiger partial charge is 0.375 e. The molecule has 1 aromatic heterocycles. The summed E-state index contributed by atoms with van der Waals surface area (Å²) < 4.78 is 5.64. The minimum atomic E-state index is 0.254. The van der Waals surface area contributed by atoms with Gasteiger partial charge in [0.2, 0.25) is 0 Å². The lowest BCUT2D eigenvalue weighted by molar-refractivity contribution is 0.0529. The van der Waals surface area contributed by atoms with Crippen molar-refractivity contribution < 1.29 is 4.74 Å². The Labute approximate surface area is 163 Å². The standard InChI is InChI=1S/C21H35N5O/c1-4-21(8-6-9-21)16-25-20(22-5-2)24-14-18-7-10-23-19(13-18)26-11-12-27-17(3)15-26/h7,10,13,17H,4-6,8-9,11-12,14-16H2,1-3H3,(H2,22,24,25). The Morgan fingerprint density at radius 3 is 2.89 bits per heavy atom. The van der Waals surface area contributed by atoms with Crippen LogP contribution < -0.4 is 15.5 Å². The zero-order valence-electron chi connectivity index (χ0n) is 17.1. The van der Waals surface area contributed by atoms with Crippen LogP contribution in [0.25, 0.3) is 0 Å². The van der Waals surface area contributed by atoms with Gasteiger partial charge in [-0.05, 0) is 56.2 Å². The monoisotopic (exact) mass is 373 g/mol. The van der Waals surface area contributed by atoms with Gasteiger partial charge in [0.25, 0.3) is 0 Å². The van der Waals surface area contributed by atoms with Crippen LogP contribution in [0.1, 0.15) is 52.0 Å². The summed E-state index contributed by atoms with van der Waals surface area (Å²) in [4.78, 5) is 11.7. The SMILES string of the molecule is CCNC(=NCc1ccnc(N2CCOC(C)C2)c1)NCC1(CC)CCC1. The lowest BCUT2D eigenvalue weighted by Gasteiger charge is -2.41. The van der Waals surface area contributed by atoms with E-state index in [4.69, 9.17) is 9.73 Å². The Morgan fingerprint density at radius 1 is 1.37 bits per heavy atom. The van der Waals surface area contributed by atoms with E-state index >= 15 is 0 Å². The second kappa shape index (κ2) is 9.40. The number of rotatable bonds is 7. The predicted octanol–water partition coefficient (Wildman–Crippen LogP) is 2.94. The molecule has 0 amide bonds. The molecule has 0 bridgehead atoms. The van der Waals surface area contributed by atoms with Crippen LogP contribution in [0, 0.1) is 5.41 Å². The van der Waals surface area contributed by atoms with E-state index in [0.717, 1.165) is 44.6 Å². The molecule has 6 nitrogen and oxygen atoms in total. The lowest BCUT2D eigenvalue weighted by atomic mass is 9.67. The van der Waals surface area contributed by atoms with E-state index in [1.807, 2.05) is 6.20 Å². The van der Waals surface area contributed by atoms with Crippen molar-refractivity contribution in [1.29, 1.82) is 0 Å². The molecule has 0 radical (unpaired) electrons. The zero-order valence-corrected chi connectivity index (χ0v) is 17.1. The van der Waals surface area contributed by atoms with E-state index in [1.54, 1.807) is 0 Å². The molecule has 3 rings (SSSR count). The minimum absolute atomic E-state index is 0.254. The number of guanidine groups is 1. The van der Waals surface area contributed by atoms with Gasteiger partial charge in [-0.2, -0.15) is 0 Å². The maximum absolute atomic E-state index is 5.64. The van der Waals surface area contributed by atoms with Crippen LogP contribution in [0.15, 0.2) is 23.3 Å². The van der Waals surface area contributed by atoms with Gasteiger partial charge >= 0.3 is 0 Å². The fraction of sp³-hybridized carbons (Fsp3) is 0.714. The quantitative estimate of drug-likeness (QED) is 0.568. The Hall–Kier alpha value is -1.82. The van der Waals surface area contributed by atoms with Crippen molar-refractivity contribution in [2.24, 2.45) is 10.4 Å². The molecule has 27 heavy (non-hydrogen) atoms. The molecule has 0 spiro atoms. The summed E-state index contributed by atoms with van der Waals surface area (Å²) in [5, 5.41) is 6.94. The molecule has 2 N–H and O–H groups in total. The van der Waals surface area contributed by atoms with Crippen LogP contribution >= 0.6 is 0 Å². The number of nitrogens with one attached hydrogen (secondary N) is 2. The number of nitrogens with zero attached hydrogens (tertiary/aromatic N) is 3.